The van der Waals surface area contributed by atoms with Crippen molar-refractivity contribution in [2.75, 3.05) is 38.0 Å². The van der Waals surface area contributed by atoms with Crippen LogP contribution in [0.25, 0.3) is 0 Å². The summed E-state index contributed by atoms with van der Waals surface area (Å²) in [5.41, 5.74) is -1.29. The number of carbonyl (C=O) groups excluding carboxylic acids is 1. The molecule has 1 fully saturated rings. The Morgan fingerprint density at radius 3 is 2.54 bits per heavy atom. The van der Waals surface area contributed by atoms with Crippen LogP contribution in [0.2, 0.25) is 5.02 Å². The van der Waals surface area contributed by atoms with Crippen molar-refractivity contribution in [3.63, 3.8) is 0 Å². The number of nitrogens with one attached hydrogen (secondary N) is 1. The molecule has 0 unspecified atom stereocenters. The smallest absolute Gasteiger partial charge is 0.374 e. The number of anilines is 1. The Morgan fingerprint density at radius 1 is 1.35 bits per heavy atom. The molecule has 2 rings (SSSR count). The van der Waals surface area contributed by atoms with Gasteiger partial charge in [-0.15, -0.1) is 0 Å². The van der Waals surface area contributed by atoms with Crippen LogP contribution in [-0.2, 0) is 11.0 Å². The van der Waals surface area contributed by atoms with Gasteiger partial charge in [-0.05, 0) is 24.7 Å². The third-order valence-electron chi connectivity index (χ3n) is 4.06. The van der Waals surface area contributed by atoms with Crippen LogP contribution in [0, 0.1) is 11.3 Å². The number of nitrogens with zero attached hydrogens (tertiary/aromatic N) is 3. The molecule has 0 bridgehead atoms. The van der Waals surface area contributed by atoms with Crippen LogP contribution in [0.15, 0.2) is 30.0 Å². The molecule has 1 aliphatic heterocycles. The zero-order valence-electron chi connectivity index (χ0n) is 14.1. The van der Waals surface area contributed by atoms with Gasteiger partial charge in [0.1, 0.15) is 11.6 Å². The Balaban J connectivity index is 2.10. The molecule has 1 N–H and O–H groups in total. The van der Waals surface area contributed by atoms with E-state index in [1.54, 1.807) is 6.07 Å². The molecule has 1 aliphatic rings. The minimum absolute atomic E-state index is 0.0799. The number of nitriles is 1. The Kier molecular flexibility index (Phi) is 6.51. The standard InChI is InChI=1S/C17H18ClF3N4O/c1-2-24-5-7-25(8-6-24)11-12(10-22)16(26)23-13-3-4-15(18)14(9-13)17(19,20)21/h3-4,9,11H,2,5-8H2,1H3,(H,23,26)/b12-11-. The van der Waals surface area contributed by atoms with Gasteiger partial charge in [0.2, 0.25) is 0 Å². The van der Waals surface area contributed by atoms with E-state index in [0.717, 1.165) is 31.8 Å². The number of hydrogen-bond donors (Lipinski definition) is 1. The molecule has 9 heteroatoms. The quantitative estimate of drug-likeness (QED) is 0.637. The number of carbonyl (C=O) groups is 1. The fourth-order valence-corrected chi connectivity index (χ4v) is 2.77. The van der Waals surface area contributed by atoms with Crippen molar-refractivity contribution in [1.82, 2.24) is 9.80 Å². The summed E-state index contributed by atoms with van der Waals surface area (Å²) < 4.78 is 38.7. The van der Waals surface area contributed by atoms with E-state index < -0.39 is 22.7 Å². The third kappa shape index (κ3) is 5.13. The minimum Gasteiger partial charge on any atom is -0.374 e. The van der Waals surface area contributed by atoms with Gasteiger partial charge in [-0.3, -0.25) is 4.79 Å². The molecule has 1 aromatic carbocycles. The molecule has 1 amide bonds. The lowest BCUT2D eigenvalue weighted by Crippen LogP contribution is -2.44. The summed E-state index contributed by atoms with van der Waals surface area (Å²) in [6, 6.07) is 4.85. The van der Waals surface area contributed by atoms with Crippen molar-refractivity contribution >= 4 is 23.2 Å². The molecule has 1 saturated heterocycles. The van der Waals surface area contributed by atoms with E-state index in [4.69, 9.17) is 11.6 Å². The van der Waals surface area contributed by atoms with Gasteiger partial charge in [0.15, 0.2) is 0 Å². The highest BCUT2D eigenvalue weighted by Crippen LogP contribution is 2.36. The van der Waals surface area contributed by atoms with Gasteiger partial charge in [-0.1, -0.05) is 18.5 Å². The van der Waals surface area contributed by atoms with E-state index in [-0.39, 0.29) is 11.3 Å². The second-order valence-electron chi connectivity index (χ2n) is 5.77. The maximum atomic E-state index is 12.9. The summed E-state index contributed by atoms with van der Waals surface area (Å²) in [4.78, 5) is 16.3. The number of alkyl halides is 3. The molecule has 0 aromatic heterocycles. The molecule has 0 aliphatic carbocycles. The number of halogens is 4. The summed E-state index contributed by atoms with van der Waals surface area (Å²) in [6.07, 6.45) is -3.19. The Morgan fingerprint density at radius 2 is 2.00 bits per heavy atom. The fraction of sp³-hybridized carbons (Fsp3) is 0.412. The average Bonchev–Trinajstić information content (AvgIpc) is 2.60. The summed E-state index contributed by atoms with van der Waals surface area (Å²) in [7, 11) is 0. The number of likely N-dealkylation sites (N-methyl/N-ethyl adjacent to an activating group) is 1. The summed E-state index contributed by atoms with van der Waals surface area (Å²) >= 11 is 5.55. The highest BCUT2D eigenvalue weighted by Gasteiger charge is 2.33. The number of rotatable bonds is 4. The van der Waals surface area contributed by atoms with E-state index in [0.29, 0.717) is 13.1 Å². The average molecular weight is 387 g/mol. The van der Waals surface area contributed by atoms with Crippen LogP contribution in [0.1, 0.15) is 12.5 Å². The predicted octanol–water partition coefficient (Wildman–Crippen LogP) is 3.34. The number of benzene rings is 1. The predicted molar refractivity (Wildman–Crippen MR) is 92.5 cm³/mol. The molecule has 0 saturated carbocycles. The largest absolute Gasteiger partial charge is 0.417 e. The van der Waals surface area contributed by atoms with Gasteiger partial charge in [0.05, 0.1) is 10.6 Å². The zero-order chi connectivity index (χ0) is 19.3. The first-order chi connectivity index (χ1) is 12.2. The summed E-state index contributed by atoms with van der Waals surface area (Å²) in [5.74, 6) is -0.763. The first-order valence-corrected chi connectivity index (χ1v) is 8.38. The van der Waals surface area contributed by atoms with Crippen LogP contribution in [-0.4, -0.2) is 48.4 Å². The second kappa shape index (κ2) is 8.43. The topological polar surface area (TPSA) is 59.4 Å². The highest BCUT2D eigenvalue weighted by atomic mass is 35.5. The summed E-state index contributed by atoms with van der Waals surface area (Å²) in [6.45, 7) is 5.97. The van der Waals surface area contributed by atoms with Crippen molar-refractivity contribution in [3.05, 3.63) is 40.6 Å². The van der Waals surface area contributed by atoms with E-state index in [2.05, 4.69) is 17.1 Å². The lowest BCUT2D eigenvalue weighted by Gasteiger charge is -2.33. The molecule has 0 spiro atoms. The third-order valence-corrected chi connectivity index (χ3v) is 4.39. The molecule has 26 heavy (non-hydrogen) atoms. The van der Waals surface area contributed by atoms with Crippen LogP contribution in [0.5, 0.6) is 0 Å². The van der Waals surface area contributed by atoms with Crippen LogP contribution in [0.3, 0.4) is 0 Å². The SMILES string of the molecule is CCN1CCN(/C=C(/C#N)C(=O)Nc2ccc(Cl)c(C(F)(F)F)c2)CC1. The molecule has 1 aromatic rings. The van der Waals surface area contributed by atoms with Gasteiger partial charge in [-0.25, -0.2) is 0 Å². The Bertz CT molecular complexity index is 735. The van der Waals surface area contributed by atoms with E-state index in [1.807, 2.05) is 4.90 Å². The first-order valence-electron chi connectivity index (χ1n) is 8.01. The van der Waals surface area contributed by atoms with Gasteiger partial charge >= 0.3 is 6.18 Å². The van der Waals surface area contributed by atoms with Crippen molar-refractivity contribution in [3.8, 4) is 6.07 Å². The lowest BCUT2D eigenvalue weighted by molar-refractivity contribution is -0.137. The van der Waals surface area contributed by atoms with Crippen LogP contribution < -0.4 is 5.32 Å². The zero-order valence-corrected chi connectivity index (χ0v) is 14.9. The number of hydrogen-bond acceptors (Lipinski definition) is 4. The number of piperazine rings is 1. The summed E-state index contributed by atoms with van der Waals surface area (Å²) in [5, 5.41) is 11.1. The maximum absolute atomic E-state index is 12.9. The van der Waals surface area contributed by atoms with Crippen molar-refractivity contribution in [1.29, 1.82) is 5.26 Å². The van der Waals surface area contributed by atoms with Crippen molar-refractivity contribution in [2.24, 2.45) is 0 Å². The fourth-order valence-electron chi connectivity index (χ4n) is 2.55. The van der Waals surface area contributed by atoms with Gasteiger partial charge < -0.3 is 15.1 Å². The minimum atomic E-state index is -4.63. The lowest BCUT2D eigenvalue weighted by atomic mass is 10.2. The van der Waals surface area contributed by atoms with Crippen molar-refractivity contribution in [2.45, 2.75) is 13.1 Å². The van der Waals surface area contributed by atoms with E-state index in [9.17, 15) is 23.2 Å². The number of amides is 1. The Hall–Kier alpha value is -2.24. The molecule has 0 radical (unpaired) electrons. The van der Waals surface area contributed by atoms with Crippen molar-refractivity contribution < 1.29 is 18.0 Å². The van der Waals surface area contributed by atoms with Gasteiger partial charge in [0.25, 0.3) is 5.91 Å². The molecule has 140 valence electrons. The monoisotopic (exact) mass is 386 g/mol. The van der Waals surface area contributed by atoms with Gasteiger partial charge in [-0.2, -0.15) is 18.4 Å². The maximum Gasteiger partial charge on any atom is 0.417 e. The first kappa shape index (κ1) is 20.1. The Labute approximate surface area is 154 Å². The van der Waals surface area contributed by atoms with Crippen LogP contribution >= 0.6 is 11.6 Å². The normalized spacial score (nSPS) is 16.3. The molecular formula is C17H18ClF3N4O. The van der Waals surface area contributed by atoms with Gasteiger partial charge in [0, 0.05) is 38.1 Å². The molecule has 5 nitrogen and oxygen atoms in total. The van der Waals surface area contributed by atoms with E-state index >= 15 is 0 Å². The second-order valence-corrected chi connectivity index (χ2v) is 6.18. The van der Waals surface area contributed by atoms with E-state index in [1.165, 1.54) is 12.3 Å². The highest BCUT2D eigenvalue weighted by molar-refractivity contribution is 6.31. The van der Waals surface area contributed by atoms with Crippen LogP contribution in [0.4, 0.5) is 18.9 Å². The molecule has 1 heterocycles. The molecular weight excluding hydrogens is 369 g/mol. The molecule has 0 atom stereocenters.